The Bertz CT molecular complexity index is 609. The highest BCUT2D eigenvalue weighted by Crippen LogP contribution is 2.28. The van der Waals surface area contributed by atoms with E-state index in [4.69, 9.17) is 16.3 Å². The molecule has 1 aromatic carbocycles. The van der Waals surface area contributed by atoms with Crippen molar-refractivity contribution in [2.45, 2.75) is 18.9 Å². The number of halogens is 1. The molecule has 0 saturated carbocycles. The van der Waals surface area contributed by atoms with Crippen LogP contribution in [0.3, 0.4) is 0 Å². The molecule has 1 N–H and O–H groups in total. The zero-order valence-electron chi connectivity index (χ0n) is 10.6. The third kappa shape index (κ3) is 2.52. The molecule has 1 aliphatic heterocycles. The largest absolute Gasteiger partial charge is 0.368 e. The molecule has 2 heterocycles. The molecule has 0 unspecified atom stereocenters. The van der Waals surface area contributed by atoms with Gasteiger partial charge in [-0.3, -0.25) is 4.79 Å². The van der Waals surface area contributed by atoms with Gasteiger partial charge in [0, 0.05) is 6.61 Å². The number of anilines is 1. The van der Waals surface area contributed by atoms with Crippen molar-refractivity contribution in [3.05, 3.63) is 35.9 Å². The first-order valence-corrected chi connectivity index (χ1v) is 6.69. The first-order chi connectivity index (χ1) is 9.75. The second-order valence-corrected chi connectivity index (χ2v) is 4.87. The van der Waals surface area contributed by atoms with Crippen molar-refractivity contribution in [1.29, 1.82) is 0 Å². The fourth-order valence-electron chi connectivity index (χ4n) is 2.17. The summed E-state index contributed by atoms with van der Waals surface area (Å²) in [5, 5.41) is 7.38. The lowest BCUT2D eigenvalue weighted by Crippen LogP contribution is -2.27. The van der Waals surface area contributed by atoms with Gasteiger partial charge in [0.25, 0.3) is 5.91 Å². The van der Waals surface area contributed by atoms with Gasteiger partial charge in [-0.25, -0.2) is 9.67 Å². The SMILES string of the molecule is O=C(Nc1cccc(Cl)c1-n1cncn1)[C@@H]1CCCO1. The summed E-state index contributed by atoms with van der Waals surface area (Å²) in [5.41, 5.74) is 1.18. The van der Waals surface area contributed by atoms with E-state index >= 15 is 0 Å². The number of aromatic nitrogens is 3. The fraction of sp³-hybridized carbons (Fsp3) is 0.308. The van der Waals surface area contributed by atoms with Gasteiger partial charge in [0.1, 0.15) is 24.4 Å². The Kier molecular flexibility index (Phi) is 3.66. The highest BCUT2D eigenvalue weighted by Gasteiger charge is 2.24. The molecular formula is C13H13ClN4O2. The number of benzene rings is 1. The summed E-state index contributed by atoms with van der Waals surface area (Å²) >= 11 is 6.19. The Balaban J connectivity index is 1.89. The summed E-state index contributed by atoms with van der Waals surface area (Å²) in [4.78, 5) is 16.0. The number of nitrogens with zero attached hydrogens (tertiary/aromatic N) is 3. The molecule has 3 rings (SSSR count). The first kappa shape index (κ1) is 13.1. The number of amides is 1. The van der Waals surface area contributed by atoms with E-state index in [1.165, 1.54) is 17.3 Å². The van der Waals surface area contributed by atoms with Gasteiger partial charge >= 0.3 is 0 Å². The van der Waals surface area contributed by atoms with Crippen molar-refractivity contribution in [1.82, 2.24) is 14.8 Å². The van der Waals surface area contributed by atoms with E-state index in [2.05, 4.69) is 15.4 Å². The first-order valence-electron chi connectivity index (χ1n) is 6.31. The summed E-state index contributed by atoms with van der Waals surface area (Å²) in [7, 11) is 0. The number of hydrogen-bond donors (Lipinski definition) is 1. The maximum atomic E-state index is 12.1. The van der Waals surface area contributed by atoms with E-state index in [1.807, 2.05) is 0 Å². The molecule has 0 bridgehead atoms. The van der Waals surface area contributed by atoms with Crippen LogP contribution < -0.4 is 5.32 Å². The molecule has 0 aliphatic carbocycles. The predicted octanol–water partition coefficient (Wildman–Crippen LogP) is 2.04. The maximum absolute atomic E-state index is 12.1. The highest BCUT2D eigenvalue weighted by molar-refractivity contribution is 6.33. The second-order valence-electron chi connectivity index (χ2n) is 4.47. The van der Waals surface area contributed by atoms with Crippen LogP contribution >= 0.6 is 11.6 Å². The quantitative estimate of drug-likeness (QED) is 0.940. The van der Waals surface area contributed by atoms with E-state index in [0.717, 1.165) is 12.8 Å². The van der Waals surface area contributed by atoms with Crippen LogP contribution in [0.25, 0.3) is 5.69 Å². The van der Waals surface area contributed by atoms with Gasteiger partial charge in [0.05, 0.1) is 10.7 Å². The fourth-order valence-corrected chi connectivity index (χ4v) is 2.43. The number of carbonyl (C=O) groups is 1. The van der Waals surface area contributed by atoms with Gasteiger partial charge in [-0.1, -0.05) is 17.7 Å². The topological polar surface area (TPSA) is 69.0 Å². The molecule has 1 amide bonds. The molecule has 1 atom stereocenters. The molecule has 0 radical (unpaired) electrons. The summed E-state index contributed by atoms with van der Waals surface area (Å²) in [6.45, 7) is 0.629. The van der Waals surface area contributed by atoms with Crippen LogP contribution in [-0.4, -0.2) is 33.4 Å². The number of nitrogens with one attached hydrogen (secondary N) is 1. The van der Waals surface area contributed by atoms with Crippen LogP contribution in [-0.2, 0) is 9.53 Å². The minimum Gasteiger partial charge on any atom is -0.368 e. The summed E-state index contributed by atoms with van der Waals surface area (Å²) in [5.74, 6) is -0.161. The zero-order chi connectivity index (χ0) is 13.9. The number of hydrogen-bond acceptors (Lipinski definition) is 4. The average molecular weight is 293 g/mol. The van der Waals surface area contributed by atoms with E-state index in [0.29, 0.717) is 23.0 Å². The third-order valence-electron chi connectivity index (χ3n) is 3.11. The molecular weight excluding hydrogens is 280 g/mol. The second kappa shape index (κ2) is 5.60. The molecule has 104 valence electrons. The van der Waals surface area contributed by atoms with Gasteiger partial charge in [-0.2, -0.15) is 5.10 Å². The molecule has 6 nitrogen and oxygen atoms in total. The van der Waals surface area contributed by atoms with Crippen LogP contribution in [0.4, 0.5) is 5.69 Å². The van der Waals surface area contributed by atoms with E-state index < -0.39 is 6.10 Å². The van der Waals surface area contributed by atoms with Gasteiger partial charge in [0.2, 0.25) is 0 Å². The van der Waals surface area contributed by atoms with E-state index in [1.54, 1.807) is 18.2 Å². The van der Waals surface area contributed by atoms with Crippen molar-refractivity contribution >= 4 is 23.2 Å². The average Bonchev–Trinajstić information content (AvgIpc) is 3.12. The smallest absolute Gasteiger partial charge is 0.253 e. The van der Waals surface area contributed by atoms with Crippen LogP contribution in [0.2, 0.25) is 5.02 Å². The molecule has 2 aromatic rings. The Morgan fingerprint density at radius 3 is 3.10 bits per heavy atom. The van der Waals surface area contributed by atoms with E-state index in [9.17, 15) is 4.79 Å². The molecule has 0 spiro atoms. The van der Waals surface area contributed by atoms with Crippen molar-refractivity contribution in [3.8, 4) is 5.69 Å². The molecule has 7 heteroatoms. The lowest BCUT2D eigenvalue weighted by Gasteiger charge is -2.14. The minimum atomic E-state index is -0.391. The van der Waals surface area contributed by atoms with Crippen molar-refractivity contribution < 1.29 is 9.53 Å². The normalized spacial score (nSPS) is 18.1. The summed E-state index contributed by atoms with van der Waals surface area (Å²) < 4.78 is 6.89. The van der Waals surface area contributed by atoms with Crippen LogP contribution in [0.15, 0.2) is 30.9 Å². The number of ether oxygens (including phenoxy) is 1. The molecule has 20 heavy (non-hydrogen) atoms. The Morgan fingerprint density at radius 2 is 2.40 bits per heavy atom. The molecule has 1 aliphatic rings. The van der Waals surface area contributed by atoms with Gasteiger partial charge < -0.3 is 10.1 Å². The van der Waals surface area contributed by atoms with Crippen molar-refractivity contribution in [3.63, 3.8) is 0 Å². The molecule has 1 fully saturated rings. The lowest BCUT2D eigenvalue weighted by molar-refractivity contribution is -0.124. The maximum Gasteiger partial charge on any atom is 0.253 e. The Labute approximate surface area is 120 Å². The third-order valence-corrected chi connectivity index (χ3v) is 3.42. The summed E-state index contributed by atoms with van der Waals surface area (Å²) in [6.07, 6.45) is 4.20. The van der Waals surface area contributed by atoms with Crippen LogP contribution in [0.5, 0.6) is 0 Å². The van der Waals surface area contributed by atoms with Gasteiger partial charge in [-0.15, -0.1) is 0 Å². The molecule has 1 saturated heterocycles. The van der Waals surface area contributed by atoms with Gasteiger partial charge in [0.15, 0.2) is 0 Å². The Morgan fingerprint density at radius 1 is 1.50 bits per heavy atom. The summed E-state index contributed by atoms with van der Waals surface area (Å²) in [6, 6.07) is 5.28. The predicted molar refractivity (Wildman–Crippen MR) is 74.0 cm³/mol. The number of para-hydroxylation sites is 1. The van der Waals surface area contributed by atoms with Crippen molar-refractivity contribution in [2.24, 2.45) is 0 Å². The van der Waals surface area contributed by atoms with E-state index in [-0.39, 0.29) is 5.91 Å². The van der Waals surface area contributed by atoms with Gasteiger partial charge in [-0.05, 0) is 25.0 Å². The number of carbonyl (C=O) groups excluding carboxylic acids is 1. The monoisotopic (exact) mass is 292 g/mol. The standard InChI is InChI=1S/C13H13ClN4O2/c14-9-3-1-4-10(12(9)18-8-15-7-16-18)17-13(19)11-5-2-6-20-11/h1,3-4,7-8,11H,2,5-6H2,(H,17,19)/t11-/m0/s1. The zero-order valence-corrected chi connectivity index (χ0v) is 11.4. The number of rotatable bonds is 3. The lowest BCUT2D eigenvalue weighted by atomic mass is 10.2. The Hall–Kier alpha value is -1.92. The molecule has 1 aromatic heterocycles. The highest BCUT2D eigenvalue weighted by atomic mass is 35.5. The minimum absolute atomic E-state index is 0.161. The van der Waals surface area contributed by atoms with Crippen molar-refractivity contribution in [2.75, 3.05) is 11.9 Å². The van der Waals surface area contributed by atoms with Crippen LogP contribution in [0.1, 0.15) is 12.8 Å². The van der Waals surface area contributed by atoms with Crippen LogP contribution in [0, 0.1) is 0 Å².